The Balaban J connectivity index is 1.45. The average Bonchev–Trinajstić information content (AvgIpc) is 3.35. The molecule has 4 aromatic rings. The summed E-state index contributed by atoms with van der Waals surface area (Å²) in [5.41, 5.74) is 1.15. The molecule has 0 saturated heterocycles. The van der Waals surface area contributed by atoms with Gasteiger partial charge in [-0.15, -0.1) is 0 Å². The first-order valence-electron chi connectivity index (χ1n) is 8.30. The van der Waals surface area contributed by atoms with E-state index in [9.17, 15) is 13.2 Å². The molecule has 0 spiro atoms. The van der Waals surface area contributed by atoms with Crippen LogP contribution in [0.5, 0.6) is 0 Å². The van der Waals surface area contributed by atoms with Crippen molar-refractivity contribution in [2.24, 2.45) is 0 Å². The van der Waals surface area contributed by atoms with Gasteiger partial charge < -0.3 is 4.42 Å². The van der Waals surface area contributed by atoms with E-state index >= 15 is 0 Å². The van der Waals surface area contributed by atoms with E-state index in [1.54, 1.807) is 12.1 Å². The minimum absolute atomic E-state index is 0.0508. The van der Waals surface area contributed by atoms with Gasteiger partial charge in [-0.3, -0.25) is 10.1 Å². The number of para-hydroxylation sites is 1. The minimum atomic E-state index is -3.71. The van der Waals surface area contributed by atoms with Gasteiger partial charge in [0.15, 0.2) is 5.13 Å². The molecule has 0 fully saturated rings. The summed E-state index contributed by atoms with van der Waals surface area (Å²) in [6.07, 6.45) is 1.47. The van der Waals surface area contributed by atoms with Crippen LogP contribution in [-0.4, -0.2) is 19.3 Å². The number of aromatic nitrogens is 1. The summed E-state index contributed by atoms with van der Waals surface area (Å²) in [5.74, 6) is 0.155. The van der Waals surface area contributed by atoms with Crippen molar-refractivity contribution in [3.05, 3.63) is 78.3 Å². The Hall–Kier alpha value is -3.01. The lowest BCUT2D eigenvalue weighted by Gasteiger charge is -2.07. The van der Waals surface area contributed by atoms with E-state index < -0.39 is 10.0 Å². The van der Waals surface area contributed by atoms with E-state index in [-0.39, 0.29) is 17.3 Å². The Morgan fingerprint density at radius 3 is 2.54 bits per heavy atom. The van der Waals surface area contributed by atoms with E-state index in [0.29, 0.717) is 16.5 Å². The lowest BCUT2D eigenvalue weighted by Crippen LogP contribution is -2.23. The SMILES string of the molecule is O=C(Nc1nc2ccccc2s1)c1ccc(S(=O)(=O)NCc2ccco2)cc1. The zero-order valence-electron chi connectivity index (χ0n) is 14.5. The second-order valence-corrected chi connectivity index (χ2v) is 8.67. The van der Waals surface area contributed by atoms with Crippen LogP contribution in [0.3, 0.4) is 0 Å². The van der Waals surface area contributed by atoms with E-state index in [1.165, 1.54) is 41.9 Å². The molecule has 0 aliphatic heterocycles. The molecule has 0 radical (unpaired) electrons. The Morgan fingerprint density at radius 1 is 1.04 bits per heavy atom. The molecule has 1 amide bonds. The molecular formula is C19H15N3O4S2. The highest BCUT2D eigenvalue weighted by Gasteiger charge is 2.16. The molecule has 0 atom stereocenters. The topological polar surface area (TPSA) is 101 Å². The van der Waals surface area contributed by atoms with Crippen molar-refractivity contribution < 1.29 is 17.6 Å². The quantitative estimate of drug-likeness (QED) is 0.503. The molecule has 0 unspecified atom stereocenters. The van der Waals surface area contributed by atoms with Gasteiger partial charge in [0.05, 0.1) is 27.9 Å². The number of nitrogens with zero attached hydrogens (tertiary/aromatic N) is 1. The molecule has 2 heterocycles. The molecule has 2 aromatic carbocycles. The molecule has 0 aliphatic rings. The largest absolute Gasteiger partial charge is 0.468 e. The fourth-order valence-electron chi connectivity index (χ4n) is 2.54. The molecule has 7 nitrogen and oxygen atoms in total. The van der Waals surface area contributed by atoms with Crippen molar-refractivity contribution in [3.8, 4) is 0 Å². The van der Waals surface area contributed by atoms with E-state index in [4.69, 9.17) is 4.42 Å². The second kappa shape index (κ2) is 7.55. The van der Waals surface area contributed by atoms with Gasteiger partial charge in [-0.2, -0.15) is 0 Å². The number of sulfonamides is 1. The second-order valence-electron chi connectivity index (χ2n) is 5.87. The highest BCUT2D eigenvalue weighted by atomic mass is 32.2. The summed E-state index contributed by atoms with van der Waals surface area (Å²) in [4.78, 5) is 16.8. The Morgan fingerprint density at radius 2 is 1.82 bits per heavy atom. The first-order chi connectivity index (χ1) is 13.5. The molecule has 142 valence electrons. The number of carbonyl (C=O) groups excluding carboxylic acids is 1. The average molecular weight is 413 g/mol. The molecule has 0 bridgehead atoms. The van der Waals surface area contributed by atoms with Gasteiger partial charge >= 0.3 is 0 Å². The molecule has 9 heteroatoms. The molecule has 28 heavy (non-hydrogen) atoms. The Bertz CT molecular complexity index is 1180. The Kier molecular flexibility index (Phi) is 4.95. The van der Waals surface area contributed by atoms with Gasteiger partial charge in [-0.25, -0.2) is 18.1 Å². The number of nitrogens with one attached hydrogen (secondary N) is 2. The summed E-state index contributed by atoms with van der Waals surface area (Å²) in [6, 6.07) is 16.6. The first-order valence-corrected chi connectivity index (χ1v) is 10.6. The van der Waals surface area contributed by atoms with Crippen molar-refractivity contribution in [1.82, 2.24) is 9.71 Å². The summed E-state index contributed by atoms with van der Waals surface area (Å²) >= 11 is 1.38. The van der Waals surface area contributed by atoms with Crippen LogP contribution < -0.4 is 10.0 Å². The minimum Gasteiger partial charge on any atom is -0.468 e. The van der Waals surface area contributed by atoms with Crippen LogP contribution >= 0.6 is 11.3 Å². The highest BCUT2D eigenvalue weighted by molar-refractivity contribution is 7.89. The molecular weight excluding hydrogens is 398 g/mol. The number of carbonyl (C=O) groups is 1. The van der Waals surface area contributed by atoms with E-state index in [0.717, 1.165) is 10.2 Å². The van der Waals surface area contributed by atoms with Gasteiger partial charge in [0.1, 0.15) is 5.76 Å². The molecule has 4 rings (SSSR count). The number of hydrogen-bond acceptors (Lipinski definition) is 6. The third-order valence-corrected chi connectivity index (χ3v) is 6.33. The maximum absolute atomic E-state index is 12.4. The van der Waals surface area contributed by atoms with Crippen LogP contribution in [0.15, 0.2) is 76.2 Å². The summed E-state index contributed by atoms with van der Waals surface area (Å²) in [6.45, 7) is 0.0508. The first kappa shape index (κ1) is 18.4. The third kappa shape index (κ3) is 3.96. The zero-order valence-corrected chi connectivity index (χ0v) is 16.1. The maximum atomic E-state index is 12.4. The van der Waals surface area contributed by atoms with Gasteiger partial charge in [0.2, 0.25) is 10.0 Å². The van der Waals surface area contributed by atoms with E-state index in [2.05, 4.69) is 15.0 Å². The van der Waals surface area contributed by atoms with Crippen molar-refractivity contribution in [2.75, 3.05) is 5.32 Å². The number of rotatable bonds is 6. The third-order valence-electron chi connectivity index (χ3n) is 3.96. The predicted molar refractivity (Wildman–Crippen MR) is 107 cm³/mol. The number of hydrogen-bond donors (Lipinski definition) is 2. The lowest BCUT2D eigenvalue weighted by molar-refractivity contribution is 0.102. The van der Waals surface area contributed by atoms with Crippen molar-refractivity contribution >= 4 is 42.6 Å². The normalized spacial score (nSPS) is 11.6. The monoisotopic (exact) mass is 413 g/mol. The fraction of sp³-hybridized carbons (Fsp3) is 0.0526. The van der Waals surface area contributed by atoms with Crippen LogP contribution in [0.2, 0.25) is 0 Å². The van der Waals surface area contributed by atoms with Gasteiger partial charge in [-0.05, 0) is 48.5 Å². The number of thiazole rings is 1. The number of fused-ring (bicyclic) bond motifs is 1. The van der Waals surface area contributed by atoms with Crippen LogP contribution in [-0.2, 0) is 16.6 Å². The van der Waals surface area contributed by atoms with Crippen molar-refractivity contribution in [3.63, 3.8) is 0 Å². The van der Waals surface area contributed by atoms with Crippen LogP contribution in [0, 0.1) is 0 Å². The van der Waals surface area contributed by atoms with Gasteiger partial charge in [-0.1, -0.05) is 23.5 Å². The standard InChI is InChI=1S/C19H15N3O4S2/c23-18(22-19-21-16-5-1-2-6-17(16)27-19)13-7-9-15(10-8-13)28(24,25)20-12-14-4-3-11-26-14/h1-11,20H,12H2,(H,21,22,23). The summed E-state index contributed by atoms with van der Waals surface area (Å²) in [5, 5.41) is 3.23. The van der Waals surface area contributed by atoms with Crippen LogP contribution in [0.25, 0.3) is 10.2 Å². The van der Waals surface area contributed by atoms with Crippen molar-refractivity contribution in [2.45, 2.75) is 11.4 Å². The van der Waals surface area contributed by atoms with Crippen LogP contribution in [0.4, 0.5) is 5.13 Å². The maximum Gasteiger partial charge on any atom is 0.257 e. The Labute approximate surface area is 165 Å². The predicted octanol–water partition coefficient (Wildman–Crippen LogP) is 3.62. The lowest BCUT2D eigenvalue weighted by atomic mass is 10.2. The number of amides is 1. The van der Waals surface area contributed by atoms with Crippen LogP contribution in [0.1, 0.15) is 16.1 Å². The summed E-state index contributed by atoms with van der Waals surface area (Å²) in [7, 11) is -3.71. The van der Waals surface area contributed by atoms with E-state index in [1.807, 2.05) is 24.3 Å². The zero-order chi connectivity index (χ0) is 19.6. The number of furan rings is 1. The van der Waals surface area contributed by atoms with Gasteiger partial charge in [0.25, 0.3) is 5.91 Å². The summed E-state index contributed by atoms with van der Waals surface area (Å²) < 4.78 is 33.2. The molecule has 2 aromatic heterocycles. The smallest absolute Gasteiger partial charge is 0.257 e. The number of anilines is 1. The highest BCUT2D eigenvalue weighted by Crippen LogP contribution is 2.25. The van der Waals surface area contributed by atoms with Crippen molar-refractivity contribution in [1.29, 1.82) is 0 Å². The number of benzene rings is 2. The molecule has 2 N–H and O–H groups in total. The van der Waals surface area contributed by atoms with Gasteiger partial charge in [0, 0.05) is 5.56 Å². The molecule has 0 aliphatic carbocycles. The fourth-order valence-corrected chi connectivity index (χ4v) is 4.40. The molecule has 0 saturated carbocycles.